The maximum atomic E-state index is 13.4. The Hall–Kier alpha value is -1.13. The lowest BCUT2D eigenvalue weighted by molar-refractivity contribution is 0.228. The highest BCUT2D eigenvalue weighted by molar-refractivity contribution is 5.30. The monoisotopic (exact) mass is 213 g/mol. The van der Waals surface area contributed by atoms with E-state index < -0.39 is 5.82 Å². The lowest BCUT2D eigenvalue weighted by atomic mass is 10.1. The van der Waals surface area contributed by atoms with Crippen LogP contribution in [0.3, 0.4) is 0 Å². The summed E-state index contributed by atoms with van der Waals surface area (Å²) in [5.74, 6) is -0.212. The molecule has 0 amide bonds. The number of ether oxygens (including phenoxy) is 1. The maximum absolute atomic E-state index is 13.4. The second-order valence-electron chi connectivity index (χ2n) is 3.40. The van der Waals surface area contributed by atoms with Gasteiger partial charge in [-0.3, -0.25) is 0 Å². The zero-order valence-electron chi connectivity index (χ0n) is 8.74. The van der Waals surface area contributed by atoms with E-state index in [0.29, 0.717) is 13.0 Å². The van der Waals surface area contributed by atoms with Gasteiger partial charge in [0, 0.05) is 19.1 Å². The molecule has 0 aromatic heterocycles. The van der Waals surface area contributed by atoms with Gasteiger partial charge < -0.3 is 15.6 Å². The minimum absolute atomic E-state index is 0.0412. The molecule has 0 saturated heterocycles. The third kappa shape index (κ3) is 3.49. The second kappa shape index (κ2) is 5.68. The number of hydrogen-bond acceptors (Lipinski definition) is 3. The molecule has 0 unspecified atom stereocenters. The predicted molar refractivity (Wildman–Crippen MR) is 56.2 cm³/mol. The van der Waals surface area contributed by atoms with Gasteiger partial charge in [-0.2, -0.15) is 0 Å². The first kappa shape index (κ1) is 11.9. The fourth-order valence-electron chi connectivity index (χ4n) is 1.16. The van der Waals surface area contributed by atoms with E-state index >= 15 is 0 Å². The van der Waals surface area contributed by atoms with Crippen LogP contribution < -0.4 is 10.5 Å². The van der Waals surface area contributed by atoms with Crippen LogP contribution in [0, 0.1) is 5.82 Å². The number of aliphatic hydroxyl groups excluding tert-OH is 1. The van der Waals surface area contributed by atoms with Crippen molar-refractivity contribution in [3.63, 3.8) is 0 Å². The maximum Gasteiger partial charge on any atom is 0.165 e. The van der Waals surface area contributed by atoms with Crippen LogP contribution >= 0.6 is 0 Å². The van der Waals surface area contributed by atoms with Crippen LogP contribution in [0.25, 0.3) is 0 Å². The van der Waals surface area contributed by atoms with E-state index in [1.807, 2.05) is 0 Å². The van der Waals surface area contributed by atoms with Gasteiger partial charge in [0.15, 0.2) is 11.6 Å². The number of rotatable bonds is 5. The summed E-state index contributed by atoms with van der Waals surface area (Å²) in [5.41, 5.74) is 6.35. The normalized spacial score (nSPS) is 12.5. The van der Waals surface area contributed by atoms with Gasteiger partial charge in [-0.15, -0.1) is 0 Å². The summed E-state index contributed by atoms with van der Waals surface area (Å²) in [5, 5.41) is 8.54. The van der Waals surface area contributed by atoms with E-state index in [1.165, 1.54) is 6.07 Å². The summed E-state index contributed by atoms with van der Waals surface area (Å²) in [6.45, 7) is 2.14. The molecule has 4 heteroatoms. The molecule has 1 atom stereocenters. The third-order valence-corrected chi connectivity index (χ3v) is 2.04. The molecule has 0 bridgehead atoms. The Labute approximate surface area is 88.7 Å². The van der Waals surface area contributed by atoms with Gasteiger partial charge in [-0.25, -0.2) is 4.39 Å². The molecule has 0 spiro atoms. The van der Waals surface area contributed by atoms with E-state index in [0.717, 1.165) is 5.56 Å². The van der Waals surface area contributed by atoms with E-state index in [-0.39, 0.29) is 18.4 Å². The summed E-state index contributed by atoms with van der Waals surface area (Å²) >= 11 is 0. The van der Waals surface area contributed by atoms with Crippen LogP contribution in [0.4, 0.5) is 4.39 Å². The molecule has 0 fully saturated rings. The standard InChI is InChI=1S/C11H16FNO2/c1-8(13)9-3-4-11(10(12)7-9)15-6-2-5-14/h3-4,7-8,14H,2,5-6,13H2,1H3/t8-/m1/s1. The van der Waals surface area contributed by atoms with Gasteiger partial charge in [-0.1, -0.05) is 6.07 Å². The predicted octanol–water partition coefficient (Wildman–Crippen LogP) is 1.61. The molecule has 0 radical (unpaired) electrons. The lowest BCUT2D eigenvalue weighted by Gasteiger charge is -2.09. The smallest absolute Gasteiger partial charge is 0.165 e. The van der Waals surface area contributed by atoms with Crippen LogP contribution in [0.15, 0.2) is 18.2 Å². The van der Waals surface area contributed by atoms with Gasteiger partial charge in [0.2, 0.25) is 0 Å². The summed E-state index contributed by atoms with van der Waals surface area (Å²) < 4.78 is 18.5. The number of benzene rings is 1. The molecule has 0 aliphatic carbocycles. The van der Waals surface area contributed by atoms with Crippen LogP contribution in [0.5, 0.6) is 5.75 Å². The summed E-state index contributed by atoms with van der Waals surface area (Å²) in [6.07, 6.45) is 0.495. The lowest BCUT2D eigenvalue weighted by Crippen LogP contribution is -2.06. The van der Waals surface area contributed by atoms with E-state index in [2.05, 4.69) is 0 Å². The molecule has 0 aliphatic heterocycles. The second-order valence-corrected chi connectivity index (χ2v) is 3.40. The van der Waals surface area contributed by atoms with Gasteiger partial charge in [-0.05, 0) is 24.6 Å². The number of aliphatic hydroxyl groups is 1. The molecule has 0 heterocycles. The van der Waals surface area contributed by atoms with Crippen molar-refractivity contribution >= 4 is 0 Å². The first-order chi connectivity index (χ1) is 7.15. The van der Waals surface area contributed by atoms with Crippen molar-refractivity contribution in [2.75, 3.05) is 13.2 Å². The molecule has 84 valence electrons. The molecule has 3 N–H and O–H groups in total. The van der Waals surface area contributed by atoms with Crippen LogP contribution in [0.2, 0.25) is 0 Å². The largest absolute Gasteiger partial charge is 0.490 e. The van der Waals surface area contributed by atoms with Crippen LogP contribution in [-0.2, 0) is 0 Å². The van der Waals surface area contributed by atoms with E-state index in [1.54, 1.807) is 19.1 Å². The summed E-state index contributed by atoms with van der Waals surface area (Å²) in [6, 6.07) is 4.48. The zero-order chi connectivity index (χ0) is 11.3. The van der Waals surface area contributed by atoms with Crippen LogP contribution in [0.1, 0.15) is 24.9 Å². The molecular weight excluding hydrogens is 197 g/mol. The van der Waals surface area contributed by atoms with Crippen molar-refractivity contribution in [3.05, 3.63) is 29.6 Å². The number of hydrogen-bond donors (Lipinski definition) is 2. The molecule has 0 saturated carbocycles. The highest BCUT2D eigenvalue weighted by atomic mass is 19.1. The van der Waals surface area contributed by atoms with Gasteiger partial charge in [0.1, 0.15) is 0 Å². The van der Waals surface area contributed by atoms with Gasteiger partial charge in [0.05, 0.1) is 6.61 Å². The minimum atomic E-state index is -0.414. The van der Waals surface area contributed by atoms with E-state index in [4.69, 9.17) is 15.6 Å². The van der Waals surface area contributed by atoms with E-state index in [9.17, 15) is 4.39 Å². The molecule has 0 aliphatic rings. The fraction of sp³-hybridized carbons (Fsp3) is 0.455. The van der Waals surface area contributed by atoms with Crippen LogP contribution in [-0.4, -0.2) is 18.3 Å². The Balaban J connectivity index is 2.66. The zero-order valence-corrected chi connectivity index (χ0v) is 8.74. The minimum Gasteiger partial charge on any atom is -0.490 e. The highest BCUT2D eigenvalue weighted by Gasteiger charge is 2.06. The Bertz CT molecular complexity index is 315. The quantitative estimate of drug-likeness (QED) is 0.730. The molecule has 1 rings (SSSR count). The Morgan fingerprint density at radius 2 is 2.27 bits per heavy atom. The summed E-state index contributed by atoms with van der Waals surface area (Å²) in [4.78, 5) is 0. The first-order valence-corrected chi connectivity index (χ1v) is 4.94. The Morgan fingerprint density at radius 1 is 1.53 bits per heavy atom. The molecule has 3 nitrogen and oxygen atoms in total. The summed E-state index contributed by atoms with van der Waals surface area (Å²) in [7, 11) is 0. The highest BCUT2D eigenvalue weighted by Crippen LogP contribution is 2.21. The fourth-order valence-corrected chi connectivity index (χ4v) is 1.16. The third-order valence-electron chi connectivity index (χ3n) is 2.04. The number of halogens is 1. The van der Waals surface area contributed by atoms with Crippen molar-refractivity contribution in [3.8, 4) is 5.75 Å². The molecule has 1 aromatic rings. The van der Waals surface area contributed by atoms with Gasteiger partial charge >= 0.3 is 0 Å². The average molecular weight is 213 g/mol. The topological polar surface area (TPSA) is 55.5 Å². The Kier molecular flexibility index (Phi) is 4.52. The molecule has 1 aromatic carbocycles. The Morgan fingerprint density at radius 3 is 2.80 bits per heavy atom. The van der Waals surface area contributed by atoms with Crippen molar-refractivity contribution in [1.82, 2.24) is 0 Å². The van der Waals surface area contributed by atoms with Gasteiger partial charge in [0.25, 0.3) is 0 Å². The van der Waals surface area contributed by atoms with Crippen molar-refractivity contribution < 1.29 is 14.2 Å². The van der Waals surface area contributed by atoms with Crippen molar-refractivity contribution in [1.29, 1.82) is 0 Å². The first-order valence-electron chi connectivity index (χ1n) is 4.94. The SMILES string of the molecule is C[C@@H](N)c1ccc(OCCCO)c(F)c1. The average Bonchev–Trinajstić information content (AvgIpc) is 2.20. The number of nitrogens with two attached hydrogens (primary N) is 1. The van der Waals surface area contributed by atoms with Crippen molar-refractivity contribution in [2.24, 2.45) is 5.73 Å². The molecule has 15 heavy (non-hydrogen) atoms. The van der Waals surface area contributed by atoms with Crippen molar-refractivity contribution in [2.45, 2.75) is 19.4 Å². The molecular formula is C11H16FNO2.